The quantitative estimate of drug-likeness (QED) is 0.782. The Labute approximate surface area is 172 Å². The van der Waals surface area contributed by atoms with E-state index in [1.54, 1.807) is 36.4 Å². The van der Waals surface area contributed by atoms with Crippen molar-refractivity contribution in [3.05, 3.63) is 54.6 Å². The first-order chi connectivity index (χ1) is 13.8. The summed E-state index contributed by atoms with van der Waals surface area (Å²) in [5.74, 6) is -0.183. The number of para-hydroxylation sites is 1. The summed E-state index contributed by atoms with van der Waals surface area (Å²) < 4.78 is 32.8. The van der Waals surface area contributed by atoms with Crippen LogP contribution < -0.4 is 9.62 Å². The zero-order chi connectivity index (χ0) is 21.0. The van der Waals surface area contributed by atoms with Gasteiger partial charge in [-0.25, -0.2) is 8.42 Å². The van der Waals surface area contributed by atoms with Gasteiger partial charge in [-0.1, -0.05) is 24.3 Å². The normalized spacial score (nSPS) is 20.2. The van der Waals surface area contributed by atoms with Crippen LogP contribution in [0.5, 0.6) is 0 Å². The van der Waals surface area contributed by atoms with Gasteiger partial charge in [0.05, 0.1) is 29.3 Å². The number of hydrogen-bond acceptors (Lipinski definition) is 5. The average Bonchev–Trinajstić information content (AvgIpc) is 2.67. The minimum Gasteiger partial charge on any atom is -0.373 e. The van der Waals surface area contributed by atoms with E-state index in [0.29, 0.717) is 24.5 Å². The third-order valence-corrected chi connectivity index (χ3v) is 6.54. The summed E-state index contributed by atoms with van der Waals surface area (Å²) in [6, 6.07) is 15.2. The fourth-order valence-electron chi connectivity index (χ4n) is 3.49. The minimum absolute atomic E-state index is 0.0774. The van der Waals surface area contributed by atoms with Crippen molar-refractivity contribution in [2.75, 3.05) is 36.3 Å². The molecular formula is C21H27N3O4S. The van der Waals surface area contributed by atoms with Crippen LogP contribution in [0.4, 0.5) is 11.4 Å². The summed E-state index contributed by atoms with van der Waals surface area (Å²) in [5, 5.41) is 2.81. The molecule has 0 aromatic heterocycles. The van der Waals surface area contributed by atoms with Gasteiger partial charge in [0.15, 0.2) is 0 Å². The smallest absolute Gasteiger partial charge is 0.264 e. The number of rotatable bonds is 6. The van der Waals surface area contributed by atoms with E-state index in [2.05, 4.69) is 5.32 Å². The second-order valence-electron chi connectivity index (χ2n) is 7.34. The topological polar surface area (TPSA) is 79.0 Å². The molecule has 8 heteroatoms. The molecule has 0 radical (unpaired) electrons. The Bertz CT molecular complexity index is 939. The summed E-state index contributed by atoms with van der Waals surface area (Å²) in [6.45, 7) is 5.58. The van der Waals surface area contributed by atoms with Gasteiger partial charge >= 0.3 is 0 Å². The number of ether oxygens (including phenoxy) is 1. The largest absolute Gasteiger partial charge is 0.373 e. The van der Waals surface area contributed by atoms with Crippen molar-refractivity contribution in [1.82, 2.24) is 4.90 Å². The van der Waals surface area contributed by atoms with Crippen LogP contribution in [0.2, 0.25) is 0 Å². The van der Waals surface area contributed by atoms with Crippen molar-refractivity contribution in [2.24, 2.45) is 0 Å². The number of carbonyl (C=O) groups is 1. The fourth-order valence-corrected chi connectivity index (χ4v) is 4.73. The minimum atomic E-state index is -3.74. The summed E-state index contributed by atoms with van der Waals surface area (Å²) >= 11 is 0. The van der Waals surface area contributed by atoms with E-state index < -0.39 is 10.0 Å². The predicted octanol–water partition coefficient (Wildman–Crippen LogP) is 2.56. The Morgan fingerprint density at radius 3 is 2.41 bits per heavy atom. The highest BCUT2D eigenvalue weighted by Gasteiger charge is 2.24. The number of nitrogens with zero attached hydrogens (tertiary/aromatic N) is 2. The molecule has 3 rings (SSSR count). The van der Waals surface area contributed by atoms with E-state index in [0.717, 1.165) is 0 Å². The SMILES string of the molecule is CC1CN(CC(=O)Nc2cccc(S(=O)(=O)N(C)c3ccccc3)c2)CC(C)O1. The summed E-state index contributed by atoms with van der Waals surface area (Å²) in [6.07, 6.45) is 0.155. The van der Waals surface area contributed by atoms with Gasteiger partial charge in [0, 0.05) is 25.8 Å². The van der Waals surface area contributed by atoms with E-state index in [1.165, 1.54) is 23.5 Å². The maximum absolute atomic E-state index is 13.0. The lowest BCUT2D eigenvalue weighted by Gasteiger charge is -2.34. The van der Waals surface area contributed by atoms with Crippen LogP contribution in [0.25, 0.3) is 0 Å². The molecule has 1 fully saturated rings. The molecule has 0 bridgehead atoms. The summed E-state index contributed by atoms with van der Waals surface area (Å²) in [5.41, 5.74) is 1.02. The average molecular weight is 418 g/mol. The molecule has 1 saturated heterocycles. The van der Waals surface area contributed by atoms with E-state index in [1.807, 2.05) is 24.8 Å². The highest BCUT2D eigenvalue weighted by Crippen LogP contribution is 2.23. The van der Waals surface area contributed by atoms with Crippen LogP contribution >= 0.6 is 0 Å². The third kappa shape index (κ3) is 5.35. The number of sulfonamides is 1. The number of amides is 1. The molecule has 1 aliphatic rings. The van der Waals surface area contributed by atoms with E-state index >= 15 is 0 Å². The molecule has 2 aromatic rings. The Kier molecular flexibility index (Phi) is 6.56. The Hall–Kier alpha value is -2.42. The predicted molar refractivity (Wildman–Crippen MR) is 114 cm³/mol. The molecule has 2 atom stereocenters. The van der Waals surface area contributed by atoms with Crippen molar-refractivity contribution in [3.8, 4) is 0 Å². The lowest BCUT2D eigenvalue weighted by Crippen LogP contribution is -2.48. The van der Waals surface area contributed by atoms with Crippen molar-refractivity contribution in [3.63, 3.8) is 0 Å². The Morgan fingerprint density at radius 2 is 1.76 bits per heavy atom. The fraction of sp³-hybridized carbons (Fsp3) is 0.381. The first-order valence-corrected chi connectivity index (χ1v) is 11.0. The van der Waals surface area contributed by atoms with Gasteiger partial charge in [-0.2, -0.15) is 0 Å². The van der Waals surface area contributed by atoms with Gasteiger partial charge in [0.25, 0.3) is 10.0 Å². The van der Waals surface area contributed by atoms with E-state index in [-0.39, 0.29) is 29.6 Å². The van der Waals surface area contributed by atoms with Gasteiger partial charge in [0.2, 0.25) is 5.91 Å². The van der Waals surface area contributed by atoms with Crippen molar-refractivity contribution in [2.45, 2.75) is 31.0 Å². The highest BCUT2D eigenvalue weighted by molar-refractivity contribution is 7.92. The second-order valence-corrected chi connectivity index (χ2v) is 9.30. The third-order valence-electron chi connectivity index (χ3n) is 4.76. The van der Waals surface area contributed by atoms with Crippen molar-refractivity contribution in [1.29, 1.82) is 0 Å². The molecule has 29 heavy (non-hydrogen) atoms. The van der Waals surface area contributed by atoms with Gasteiger partial charge in [-0.15, -0.1) is 0 Å². The Balaban J connectivity index is 1.70. The van der Waals surface area contributed by atoms with Crippen LogP contribution in [-0.4, -0.2) is 58.1 Å². The molecule has 2 unspecified atom stereocenters. The zero-order valence-electron chi connectivity index (χ0n) is 16.9. The lowest BCUT2D eigenvalue weighted by atomic mass is 10.2. The molecule has 1 aliphatic heterocycles. The van der Waals surface area contributed by atoms with Crippen LogP contribution in [0.3, 0.4) is 0 Å². The van der Waals surface area contributed by atoms with Crippen LogP contribution in [0.1, 0.15) is 13.8 Å². The number of hydrogen-bond donors (Lipinski definition) is 1. The molecule has 7 nitrogen and oxygen atoms in total. The van der Waals surface area contributed by atoms with Gasteiger partial charge in [0.1, 0.15) is 0 Å². The zero-order valence-corrected chi connectivity index (χ0v) is 17.7. The number of carbonyl (C=O) groups excluding carboxylic acids is 1. The molecule has 156 valence electrons. The van der Waals surface area contributed by atoms with E-state index in [4.69, 9.17) is 4.74 Å². The number of morpholine rings is 1. The first-order valence-electron chi connectivity index (χ1n) is 9.57. The lowest BCUT2D eigenvalue weighted by molar-refractivity contribution is -0.121. The van der Waals surface area contributed by atoms with Gasteiger partial charge in [-0.3, -0.25) is 14.0 Å². The second kappa shape index (κ2) is 8.94. The van der Waals surface area contributed by atoms with Crippen LogP contribution in [0.15, 0.2) is 59.5 Å². The number of anilines is 2. The van der Waals surface area contributed by atoms with Gasteiger partial charge < -0.3 is 10.1 Å². The van der Waals surface area contributed by atoms with Crippen molar-refractivity contribution >= 4 is 27.3 Å². The molecule has 1 amide bonds. The monoisotopic (exact) mass is 417 g/mol. The summed E-state index contributed by atoms with van der Waals surface area (Å²) in [4.78, 5) is 14.6. The molecule has 1 N–H and O–H groups in total. The molecule has 0 saturated carbocycles. The van der Waals surface area contributed by atoms with Gasteiger partial charge in [-0.05, 0) is 44.2 Å². The molecule has 2 aromatic carbocycles. The molecule has 0 spiro atoms. The van der Waals surface area contributed by atoms with Crippen LogP contribution in [0, 0.1) is 0 Å². The molecule has 1 heterocycles. The van der Waals surface area contributed by atoms with Crippen molar-refractivity contribution < 1.29 is 17.9 Å². The van der Waals surface area contributed by atoms with Crippen LogP contribution in [-0.2, 0) is 19.6 Å². The number of benzene rings is 2. The first kappa shape index (κ1) is 21.3. The molecule has 0 aliphatic carbocycles. The highest BCUT2D eigenvalue weighted by atomic mass is 32.2. The Morgan fingerprint density at radius 1 is 1.10 bits per heavy atom. The number of nitrogens with one attached hydrogen (secondary N) is 1. The maximum Gasteiger partial charge on any atom is 0.264 e. The maximum atomic E-state index is 13.0. The van der Waals surface area contributed by atoms with E-state index in [9.17, 15) is 13.2 Å². The standard InChI is InChI=1S/C21H27N3O4S/c1-16-13-24(14-17(2)28-16)15-21(25)22-18-8-7-11-20(12-18)29(26,27)23(3)19-9-5-4-6-10-19/h4-12,16-17H,13-15H2,1-3H3,(H,22,25). The summed E-state index contributed by atoms with van der Waals surface area (Å²) in [7, 11) is -2.23. The molecular weight excluding hydrogens is 390 g/mol.